The van der Waals surface area contributed by atoms with E-state index in [1.807, 2.05) is 12.1 Å². The first-order valence-electron chi connectivity index (χ1n) is 7.25. The maximum Gasteiger partial charge on any atom is 0.338 e. The van der Waals surface area contributed by atoms with Crippen LogP contribution in [0.3, 0.4) is 0 Å². The van der Waals surface area contributed by atoms with Gasteiger partial charge in [0.1, 0.15) is 11.5 Å². The molecule has 0 heterocycles. The lowest BCUT2D eigenvalue weighted by Crippen LogP contribution is -2.07. The van der Waals surface area contributed by atoms with Crippen molar-refractivity contribution in [3.8, 4) is 11.5 Å². The van der Waals surface area contributed by atoms with Crippen LogP contribution in [0.15, 0.2) is 85.0 Å². The smallest absolute Gasteiger partial charge is 0.338 e. The van der Waals surface area contributed by atoms with Crippen molar-refractivity contribution in [2.45, 2.75) is 13.8 Å². The van der Waals surface area contributed by atoms with Crippen LogP contribution < -0.4 is 9.47 Å². The number of hydrogen-bond acceptors (Lipinski definition) is 4. The van der Waals surface area contributed by atoms with Crippen LogP contribution in [0, 0.1) is 0 Å². The van der Waals surface area contributed by atoms with Gasteiger partial charge in [-0.25, -0.2) is 9.59 Å². The van der Waals surface area contributed by atoms with Crippen molar-refractivity contribution in [2.24, 2.45) is 0 Å². The fraction of sp³-hybridized carbons (Fsp3) is 0.100. The second kappa shape index (κ2) is 11.7. The summed E-state index contributed by atoms with van der Waals surface area (Å²) in [5.74, 6) is 0.318. The quantitative estimate of drug-likeness (QED) is 0.460. The fourth-order valence-electron chi connectivity index (χ4n) is 1.37. The van der Waals surface area contributed by atoms with E-state index >= 15 is 0 Å². The van der Waals surface area contributed by atoms with Crippen molar-refractivity contribution in [1.82, 2.24) is 0 Å². The van der Waals surface area contributed by atoms with Gasteiger partial charge in [0, 0.05) is 11.1 Å². The van der Waals surface area contributed by atoms with E-state index in [0.717, 1.165) is 0 Å². The zero-order valence-corrected chi connectivity index (χ0v) is 15.3. The molecule has 0 bridgehead atoms. The molecule has 0 saturated carbocycles. The summed E-state index contributed by atoms with van der Waals surface area (Å²) in [6, 6.07) is 17.8. The summed E-state index contributed by atoms with van der Waals surface area (Å²) in [4.78, 5) is 22.0. The van der Waals surface area contributed by atoms with Gasteiger partial charge in [0.15, 0.2) is 0 Å². The number of esters is 2. The Kier molecular flexibility index (Phi) is 10.4. The average Bonchev–Trinajstić information content (AvgIpc) is 2.57. The van der Waals surface area contributed by atoms with Crippen molar-refractivity contribution in [2.75, 3.05) is 0 Å². The van der Waals surface area contributed by atoms with Gasteiger partial charge in [0.05, 0.1) is 0 Å². The lowest BCUT2D eigenvalue weighted by atomic mass is 10.3. The molecule has 0 aromatic heterocycles. The fourth-order valence-corrected chi connectivity index (χ4v) is 1.37. The SMILES string of the molecule is C=C(C)C(=O)Oc1ccccc1.C=C(C)C(=O)Oc1ccccc1.S. The molecule has 0 aliphatic heterocycles. The Balaban J connectivity index is 0.000000443. The number of carbonyl (C=O) groups excluding carboxylic acids is 2. The highest BCUT2D eigenvalue weighted by atomic mass is 32.1. The Morgan fingerprint density at radius 2 is 0.960 bits per heavy atom. The standard InChI is InChI=1S/2C10H10O2.H2S/c2*1-8(2)10(11)12-9-6-4-3-5-7-9;/h2*3-7H,1H2,2H3;1H2. The van der Waals surface area contributed by atoms with Gasteiger partial charge in [-0.1, -0.05) is 49.6 Å². The van der Waals surface area contributed by atoms with Gasteiger partial charge in [0.25, 0.3) is 0 Å². The molecule has 25 heavy (non-hydrogen) atoms. The summed E-state index contributed by atoms with van der Waals surface area (Å²) in [5.41, 5.74) is 0.803. The summed E-state index contributed by atoms with van der Waals surface area (Å²) in [6.45, 7) is 10.2. The minimum absolute atomic E-state index is 0. The summed E-state index contributed by atoms with van der Waals surface area (Å²) >= 11 is 0. The van der Waals surface area contributed by atoms with Crippen LogP contribution in [0.1, 0.15) is 13.8 Å². The molecule has 0 saturated heterocycles. The lowest BCUT2D eigenvalue weighted by Gasteiger charge is -2.01. The molecule has 0 fully saturated rings. The molecule has 0 aliphatic carbocycles. The van der Waals surface area contributed by atoms with E-state index in [1.54, 1.807) is 62.4 Å². The van der Waals surface area contributed by atoms with Gasteiger partial charge in [0.2, 0.25) is 0 Å². The van der Waals surface area contributed by atoms with Gasteiger partial charge in [-0.3, -0.25) is 0 Å². The highest BCUT2D eigenvalue weighted by Crippen LogP contribution is 2.10. The number of hydrogen-bond donors (Lipinski definition) is 0. The minimum atomic E-state index is -0.388. The molecular formula is C20H22O4S. The van der Waals surface area contributed by atoms with Gasteiger partial charge in [-0.05, 0) is 38.1 Å². The normalized spacial score (nSPS) is 8.72. The topological polar surface area (TPSA) is 52.6 Å². The van der Waals surface area contributed by atoms with Crippen molar-refractivity contribution in [3.05, 3.63) is 85.0 Å². The van der Waals surface area contributed by atoms with Crippen LogP contribution in [0.25, 0.3) is 0 Å². The molecule has 2 rings (SSSR count). The summed E-state index contributed by atoms with van der Waals surface area (Å²) in [5, 5.41) is 0. The number of rotatable bonds is 4. The number of ether oxygens (including phenoxy) is 2. The molecule has 2 aromatic rings. The first-order chi connectivity index (χ1) is 11.4. The maximum absolute atomic E-state index is 11.0. The zero-order valence-electron chi connectivity index (χ0n) is 14.3. The second-order valence-electron chi connectivity index (χ2n) is 4.97. The minimum Gasteiger partial charge on any atom is -0.423 e. The monoisotopic (exact) mass is 358 g/mol. The van der Waals surface area contributed by atoms with E-state index < -0.39 is 0 Å². The molecule has 0 atom stereocenters. The summed E-state index contributed by atoms with van der Waals surface area (Å²) in [7, 11) is 0. The van der Waals surface area contributed by atoms with Crippen molar-refractivity contribution < 1.29 is 19.1 Å². The molecule has 0 N–H and O–H groups in total. The second-order valence-corrected chi connectivity index (χ2v) is 4.97. The third-order valence-corrected chi connectivity index (χ3v) is 2.60. The molecule has 0 spiro atoms. The molecule has 0 unspecified atom stereocenters. The number of para-hydroxylation sites is 2. The van der Waals surface area contributed by atoms with Crippen LogP contribution in [0.2, 0.25) is 0 Å². The van der Waals surface area contributed by atoms with Crippen LogP contribution >= 0.6 is 13.5 Å². The van der Waals surface area contributed by atoms with E-state index in [9.17, 15) is 9.59 Å². The molecule has 2 aromatic carbocycles. The molecule has 0 radical (unpaired) electrons. The Hall–Kier alpha value is -2.79. The predicted molar refractivity (Wildman–Crippen MR) is 104 cm³/mol. The largest absolute Gasteiger partial charge is 0.423 e. The molecule has 0 amide bonds. The van der Waals surface area contributed by atoms with Crippen molar-refractivity contribution in [1.29, 1.82) is 0 Å². The van der Waals surface area contributed by atoms with E-state index in [0.29, 0.717) is 22.6 Å². The van der Waals surface area contributed by atoms with Crippen molar-refractivity contribution >= 4 is 25.4 Å². The zero-order chi connectivity index (χ0) is 17.9. The number of benzene rings is 2. The summed E-state index contributed by atoms with van der Waals surface area (Å²) in [6.07, 6.45) is 0. The highest BCUT2D eigenvalue weighted by Gasteiger charge is 2.03. The van der Waals surface area contributed by atoms with E-state index in [1.165, 1.54) is 0 Å². The maximum atomic E-state index is 11.0. The molecule has 4 nitrogen and oxygen atoms in total. The third kappa shape index (κ3) is 9.17. The number of carbonyl (C=O) groups is 2. The van der Waals surface area contributed by atoms with Gasteiger partial charge >= 0.3 is 11.9 Å². The molecule has 132 valence electrons. The highest BCUT2D eigenvalue weighted by molar-refractivity contribution is 7.59. The van der Waals surface area contributed by atoms with Crippen LogP contribution in [-0.2, 0) is 9.59 Å². The Morgan fingerprint density at radius 1 is 0.680 bits per heavy atom. The van der Waals surface area contributed by atoms with Gasteiger partial charge in [-0.2, -0.15) is 13.5 Å². The lowest BCUT2D eigenvalue weighted by molar-refractivity contribution is -0.130. The average molecular weight is 358 g/mol. The van der Waals surface area contributed by atoms with Gasteiger partial charge in [-0.15, -0.1) is 0 Å². The van der Waals surface area contributed by atoms with E-state index in [2.05, 4.69) is 13.2 Å². The van der Waals surface area contributed by atoms with Crippen molar-refractivity contribution in [3.63, 3.8) is 0 Å². The first kappa shape index (κ1) is 22.2. The Bertz CT molecular complexity index is 645. The summed E-state index contributed by atoms with van der Waals surface area (Å²) < 4.78 is 9.87. The Morgan fingerprint density at radius 3 is 1.20 bits per heavy atom. The molecule has 0 aliphatic rings. The van der Waals surface area contributed by atoms with Gasteiger partial charge < -0.3 is 9.47 Å². The van der Waals surface area contributed by atoms with E-state index in [4.69, 9.17) is 9.47 Å². The first-order valence-corrected chi connectivity index (χ1v) is 7.25. The Labute approximate surface area is 155 Å². The van der Waals surface area contributed by atoms with Crippen LogP contribution in [0.4, 0.5) is 0 Å². The van der Waals surface area contributed by atoms with Crippen LogP contribution in [0.5, 0.6) is 11.5 Å². The predicted octanol–water partition coefficient (Wildman–Crippen LogP) is 4.45. The van der Waals surface area contributed by atoms with Crippen LogP contribution in [-0.4, -0.2) is 11.9 Å². The van der Waals surface area contributed by atoms with E-state index in [-0.39, 0.29) is 25.4 Å². The molecule has 5 heteroatoms. The molecular weight excluding hydrogens is 336 g/mol. The third-order valence-electron chi connectivity index (χ3n) is 2.60.